The van der Waals surface area contributed by atoms with E-state index in [9.17, 15) is 4.79 Å². The van der Waals surface area contributed by atoms with E-state index in [2.05, 4.69) is 10.2 Å². The first-order chi connectivity index (χ1) is 7.66. The maximum absolute atomic E-state index is 10.3. The number of aromatic nitrogens is 2. The van der Waals surface area contributed by atoms with Crippen LogP contribution in [0.5, 0.6) is 0 Å². The van der Waals surface area contributed by atoms with Crippen LogP contribution in [-0.4, -0.2) is 27.0 Å². The predicted molar refractivity (Wildman–Crippen MR) is 55.1 cm³/mol. The number of aliphatic carboxylic acids is 1. The van der Waals surface area contributed by atoms with E-state index < -0.39 is 5.97 Å². The van der Waals surface area contributed by atoms with Gasteiger partial charge in [-0.1, -0.05) is 11.8 Å². The number of furan rings is 1. The van der Waals surface area contributed by atoms with Crippen molar-refractivity contribution < 1.29 is 18.7 Å². The molecule has 0 radical (unpaired) electrons. The standard InChI is InChI=1S/C9H8N2O4S/c1-5-6(2-3-14-5)8-10-11-9(15-8)16-4-7(12)13/h2-3H,4H2,1H3,(H,12,13). The molecule has 0 amide bonds. The number of nitrogens with zero attached hydrogens (tertiary/aromatic N) is 2. The molecule has 1 N–H and O–H groups in total. The summed E-state index contributed by atoms with van der Waals surface area (Å²) >= 11 is 0.982. The van der Waals surface area contributed by atoms with Gasteiger partial charge in [-0.3, -0.25) is 4.79 Å². The van der Waals surface area contributed by atoms with E-state index >= 15 is 0 Å². The molecule has 2 heterocycles. The molecular formula is C9H8N2O4S. The van der Waals surface area contributed by atoms with Crippen molar-refractivity contribution in [3.63, 3.8) is 0 Å². The Balaban J connectivity index is 2.14. The average molecular weight is 240 g/mol. The third kappa shape index (κ3) is 2.25. The van der Waals surface area contributed by atoms with Crippen molar-refractivity contribution in [1.29, 1.82) is 0 Å². The smallest absolute Gasteiger partial charge is 0.314 e. The molecule has 16 heavy (non-hydrogen) atoms. The molecule has 0 aliphatic heterocycles. The quantitative estimate of drug-likeness (QED) is 0.815. The number of carbonyl (C=O) groups is 1. The number of carboxylic acid groups (broad SMARTS) is 1. The summed E-state index contributed by atoms with van der Waals surface area (Å²) in [6, 6.07) is 1.72. The Hall–Kier alpha value is -1.76. The van der Waals surface area contributed by atoms with Crippen LogP contribution in [0.25, 0.3) is 11.5 Å². The highest BCUT2D eigenvalue weighted by atomic mass is 32.2. The van der Waals surface area contributed by atoms with Crippen LogP contribution in [0.3, 0.4) is 0 Å². The summed E-state index contributed by atoms with van der Waals surface area (Å²) in [5.74, 6) is -0.0201. The van der Waals surface area contributed by atoms with Crippen molar-refractivity contribution in [2.24, 2.45) is 0 Å². The number of rotatable bonds is 4. The van der Waals surface area contributed by atoms with Gasteiger partial charge in [-0.15, -0.1) is 10.2 Å². The third-order valence-corrected chi connectivity index (χ3v) is 2.62. The molecule has 0 aromatic carbocycles. The molecule has 0 bridgehead atoms. The number of hydrogen-bond acceptors (Lipinski definition) is 6. The highest BCUT2D eigenvalue weighted by Gasteiger charge is 2.13. The second kappa shape index (κ2) is 4.40. The molecule has 7 heteroatoms. The van der Waals surface area contributed by atoms with E-state index in [1.807, 2.05) is 0 Å². The minimum Gasteiger partial charge on any atom is -0.481 e. The predicted octanol–water partition coefficient (Wildman–Crippen LogP) is 1.81. The van der Waals surface area contributed by atoms with Crippen LogP contribution in [0.1, 0.15) is 5.76 Å². The Bertz CT molecular complexity index is 505. The van der Waals surface area contributed by atoms with E-state index in [1.54, 1.807) is 13.0 Å². The fourth-order valence-corrected chi connectivity index (χ4v) is 1.59. The highest BCUT2D eigenvalue weighted by Crippen LogP contribution is 2.25. The van der Waals surface area contributed by atoms with Gasteiger partial charge in [0, 0.05) is 0 Å². The summed E-state index contributed by atoms with van der Waals surface area (Å²) in [6.45, 7) is 1.78. The lowest BCUT2D eigenvalue weighted by molar-refractivity contribution is -0.133. The highest BCUT2D eigenvalue weighted by molar-refractivity contribution is 7.99. The molecule has 2 aromatic rings. The molecule has 84 valence electrons. The van der Waals surface area contributed by atoms with Crippen molar-refractivity contribution in [1.82, 2.24) is 10.2 Å². The van der Waals surface area contributed by atoms with Crippen LogP contribution in [0.4, 0.5) is 0 Å². The minimum atomic E-state index is -0.927. The second-order valence-corrected chi connectivity index (χ2v) is 3.87. The Kier molecular flexibility index (Phi) is 2.95. The molecule has 0 saturated carbocycles. The number of carboxylic acids is 1. The third-order valence-electron chi connectivity index (χ3n) is 1.81. The maximum Gasteiger partial charge on any atom is 0.314 e. The van der Waals surface area contributed by atoms with Gasteiger partial charge < -0.3 is 13.9 Å². The van der Waals surface area contributed by atoms with Crippen LogP contribution in [-0.2, 0) is 4.79 Å². The molecule has 0 atom stereocenters. The van der Waals surface area contributed by atoms with Gasteiger partial charge in [-0.2, -0.15) is 0 Å². The fraction of sp³-hybridized carbons (Fsp3) is 0.222. The lowest BCUT2D eigenvalue weighted by Gasteiger charge is -1.90. The van der Waals surface area contributed by atoms with Crippen molar-refractivity contribution in [2.45, 2.75) is 12.1 Å². The fourth-order valence-electron chi connectivity index (χ4n) is 1.11. The molecule has 0 unspecified atom stereocenters. The van der Waals surface area contributed by atoms with Gasteiger partial charge in [0.15, 0.2) is 0 Å². The summed E-state index contributed by atoms with van der Waals surface area (Å²) in [6.07, 6.45) is 1.53. The summed E-state index contributed by atoms with van der Waals surface area (Å²) in [4.78, 5) is 10.3. The van der Waals surface area contributed by atoms with Crippen LogP contribution >= 0.6 is 11.8 Å². The van der Waals surface area contributed by atoms with Gasteiger partial charge >= 0.3 is 5.97 Å². The molecule has 2 rings (SSSR count). The van der Waals surface area contributed by atoms with Crippen LogP contribution in [0.2, 0.25) is 0 Å². The van der Waals surface area contributed by atoms with Crippen molar-refractivity contribution in [3.05, 3.63) is 18.1 Å². The lowest BCUT2D eigenvalue weighted by atomic mass is 10.3. The zero-order chi connectivity index (χ0) is 11.5. The van der Waals surface area contributed by atoms with Gasteiger partial charge in [0.05, 0.1) is 11.8 Å². The van der Waals surface area contributed by atoms with Crippen LogP contribution in [0.15, 0.2) is 26.4 Å². The number of aryl methyl sites for hydroxylation is 1. The van der Waals surface area contributed by atoms with Crippen molar-refractivity contribution in [3.8, 4) is 11.5 Å². The molecule has 2 aromatic heterocycles. The Morgan fingerprint density at radius 1 is 1.56 bits per heavy atom. The average Bonchev–Trinajstić information content (AvgIpc) is 2.83. The lowest BCUT2D eigenvalue weighted by Crippen LogP contribution is -1.97. The normalized spacial score (nSPS) is 10.6. The molecule has 0 saturated heterocycles. The van der Waals surface area contributed by atoms with E-state index in [0.717, 1.165) is 17.3 Å². The van der Waals surface area contributed by atoms with Gasteiger partial charge in [-0.05, 0) is 13.0 Å². The molecule has 0 aliphatic carbocycles. The van der Waals surface area contributed by atoms with E-state index in [4.69, 9.17) is 13.9 Å². The minimum absolute atomic E-state index is 0.105. The van der Waals surface area contributed by atoms with E-state index in [1.165, 1.54) is 6.26 Å². The second-order valence-electron chi connectivity index (χ2n) is 2.95. The SMILES string of the molecule is Cc1occc1-c1nnc(SCC(=O)O)o1. The van der Waals surface area contributed by atoms with Gasteiger partial charge in [0.2, 0.25) is 0 Å². The topological polar surface area (TPSA) is 89.4 Å². The maximum atomic E-state index is 10.3. The Labute approximate surface area is 94.7 Å². The largest absolute Gasteiger partial charge is 0.481 e. The molecule has 0 aliphatic rings. The first-order valence-corrected chi connectivity index (χ1v) is 5.38. The monoisotopic (exact) mass is 240 g/mol. The number of thioether (sulfide) groups is 1. The Morgan fingerprint density at radius 3 is 3.00 bits per heavy atom. The number of hydrogen-bond donors (Lipinski definition) is 1. The first kappa shape index (κ1) is 10.7. The molecular weight excluding hydrogens is 232 g/mol. The van der Waals surface area contributed by atoms with Crippen LogP contribution in [0, 0.1) is 6.92 Å². The van der Waals surface area contributed by atoms with Crippen LogP contribution < -0.4 is 0 Å². The zero-order valence-corrected chi connectivity index (χ0v) is 9.15. The van der Waals surface area contributed by atoms with Crippen molar-refractivity contribution >= 4 is 17.7 Å². The van der Waals surface area contributed by atoms with Gasteiger partial charge in [0.25, 0.3) is 11.1 Å². The first-order valence-electron chi connectivity index (χ1n) is 4.39. The van der Waals surface area contributed by atoms with E-state index in [0.29, 0.717) is 11.7 Å². The van der Waals surface area contributed by atoms with Gasteiger partial charge in [-0.25, -0.2) is 0 Å². The summed E-state index contributed by atoms with van der Waals surface area (Å²) in [5, 5.41) is 16.3. The molecule has 0 fully saturated rings. The van der Waals surface area contributed by atoms with Gasteiger partial charge in [0.1, 0.15) is 11.5 Å². The zero-order valence-electron chi connectivity index (χ0n) is 8.34. The summed E-state index contributed by atoms with van der Waals surface area (Å²) < 4.78 is 10.4. The molecule has 6 nitrogen and oxygen atoms in total. The van der Waals surface area contributed by atoms with Crippen molar-refractivity contribution in [2.75, 3.05) is 5.75 Å². The summed E-state index contributed by atoms with van der Waals surface area (Å²) in [5.41, 5.74) is 0.717. The Morgan fingerprint density at radius 2 is 2.38 bits per heavy atom. The van der Waals surface area contributed by atoms with E-state index in [-0.39, 0.29) is 11.0 Å². The summed E-state index contributed by atoms with van der Waals surface area (Å²) in [7, 11) is 0. The molecule has 0 spiro atoms.